The Morgan fingerprint density at radius 3 is 2.32 bits per heavy atom. The molecular formula is C21H25Cl2N3O6S2. The molecule has 1 aliphatic heterocycles. The van der Waals surface area contributed by atoms with Gasteiger partial charge in [0, 0.05) is 18.1 Å². The van der Waals surface area contributed by atoms with Gasteiger partial charge < -0.3 is 10.1 Å². The van der Waals surface area contributed by atoms with E-state index in [0.717, 1.165) is 29.8 Å². The van der Waals surface area contributed by atoms with Crippen LogP contribution in [0.3, 0.4) is 0 Å². The van der Waals surface area contributed by atoms with Crippen LogP contribution in [0, 0.1) is 0 Å². The van der Waals surface area contributed by atoms with Crippen LogP contribution in [0.15, 0.2) is 41.3 Å². The number of methoxy groups -OCH3 is 1. The molecule has 0 aliphatic carbocycles. The summed E-state index contributed by atoms with van der Waals surface area (Å²) >= 11 is 12.0. The number of carbonyl (C=O) groups is 1. The Hall–Kier alpha value is -2.05. The Bertz CT molecular complexity index is 1280. The molecule has 2 aromatic carbocycles. The number of anilines is 2. The molecule has 34 heavy (non-hydrogen) atoms. The monoisotopic (exact) mass is 549 g/mol. The number of nitrogens with zero attached hydrogens (tertiary/aromatic N) is 2. The predicted octanol–water partition coefficient (Wildman–Crippen LogP) is 3.58. The van der Waals surface area contributed by atoms with E-state index in [1.165, 1.54) is 47.8 Å². The Morgan fingerprint density at radius 1 is 1.06 bits per heavy atom. The van der Waals surface area contributed by atoms with Crippen molar-refractivity contribution in [2.75, 3.05) is 42.6 Å². The van der Waals surface area contributed by atoms with Crippen LogP contribution in [0.2, 0.25) is 10.0 Å². The summed E-state index contributed by atoms with van der Waals surface area (Å²) in [5.74, 6) is -0.497. The van der Waals surface area contributed by atoms with Crippen LogP contribution in [0.4, 0.5) is 11.4 Å². The normalized spacial score (nSPS) is 15.1. The highest BCUT2D eigenvalue weighted by molar-refractivity contribution is 7.92. The number of amides is 1. The van der Waals surface area contributed by atoms with E-state index in [1.54, 1.807) is 0 Å². The Kier molecular flexibility index (Phi) is 8.35. The largest absolute Gasteiger partial charge is 0.495 e. The lowest BCUT2D eigenvalue weighted by Gasteiger charge is -2.26. The lowest BCUT2D eigenvalue weighted by molar-refractivity contribution is -0.114. The van der Waals surface area contributed by atoms with Gasteiger partial charge in [0.05, 0.1) is 34.7 Å². The second-order valence-electron chi connectivity index (χ2n) is 7.74. The molecule has 186 valence electrons. The maximum absolute atomic E-state index is 13.0. The molecule has 2 aromatic rings. The molecular weight excluding hydrogens is 525 g/mol. The van der Waals surface area contributed by atoms with Crippen LogP contribution < -0.4 is 14.4 Å². The predicted molar refractivity (Wildman–Crippen MR) is 133 cm³/mol. The fraction of sp³-hybridized carbons (Fsp3) is 0.381. The van der Waals surface area contributed by atoms with E-state index in [9.17, 15) is 21.6 Å². The molecule has 3 rings (SSSR count). The second-order valence-corrected chi connectivity index (χ2v) is 12.4. The highest BCUT2D eigenvalue weighted by Crippen LogP contribution is 2.32. The first kappa shape index (κ1) is 26.6. The van der Waals surface area contributed by atoms with E-state index in [0.29, 0.717) is 18.1 Å². The Balaban J connectivity index is 1.88. The number of carbonyl (C=O) groups excluding carboxylic acids is 1. The maximum Gasteiger partial charge on any atom is 0.245 e. The molecule has 0 spiro atoms. The number of nitrogens with one attached hydrogen (secondary N) is 1. The number of rotatable bonds is 8. The van der Waals surface area contributed by atoms with Crippen LogP contribution in [0.5, 0.6) is 5.75 Å². The topological polar surface area (TPSA) is 113 Å². The molecule has 0 atom stereocenters. The van der Waals surface area contributed by atoms with Crippen molar-refractivity contribution in [3.05, 3.63) is 46.4 Å². The Labute approximate surface area is 209 Å². The highest BCUT2D eigenvalue weighted by Gasteiger charge is 2.28. The minimum absolute atomic E-state index is 0.00575. The summed E-state index contributed by atoms with van der Waals surface area (Å²) < 4.78 is 58.4. The Morgan fingerprint density at radius 2 is 1.74 bits per heavy atom. The third-order valence-corrected chi connectivity index (χ3v) is 8.82. The quantitative estimate of drug-likeness (QED) is 0.538. The van der Waals surface area contributed by atoms with Crippen molar-refractivity contribution < 1.29 is 26.4 Å². The minimum Gasteiger partial charge on any atom is -0.495 e. The average molecular weight is 550 g/mol. The lowest BCUT2D eigenvalue weighted by atomic mass is 10.2. The van der Waals surface area contributed by atoms with Crippen LogP contribution in [-0.2, 0) is 24.8 Å². The first-order valence-electron chi connectivity index (χ1n) is 10.3. The van der Waals surface area contributed by atoms with Gasteiger partial charge in [-0.15, -0.1) is 0 Å². The molecule has 0 unspecified atom stereocenters. The molecule has 1 fully saturated rings. The van der Waals surface area contributed by atoms with Gasteiger partial charge in [0.1, 0.15) is 12.3 Å². The number of hydrogen-bond donors (Lipinski definition) is 1. The van der Waals surface area contributed by atoms with Gasteiger partial charge in [0.2, 0.25) is 26.0 Å². The molecule has 0 aromatic heterocycles. The van der Waals surface area contributed by atoms with E-state index >= 15 is 0 Å². The molecule has 0 bridgehead atoms. The third kappa shape index (κ3) is 6.14. The van der Waals surface area contributed by atoms with Crippen molar-refractivity contribution >= 4 is 60.5 Å². The highest BCUT2D eigenvalue weighted by atomic mass is 35.5. The number of hydrogen-bond acceptors (Lipinski definition) is 6. The van der Waals surface area contributed by atoms with E-state index in [4.69, 9.17) is 27.9 Å². The molecule has 1 aliphatic rings. The van der Waals surface area contributed by atoms with Crippen molar-refractivity contribution in [3.63, 3.8) is 0 Å². The molecule has 13 heteroatoms. The van der Waals surface area contributed by atoms with Gasteiger partial charge in [-0.05, 0) is 49.2 Å². The number of halogens is 2. The molecule has 0 saturated carbocycles. The van der Waals surface area contributed by atoms with Gasteiger partial charge in [0.25, 0.3) is 0 Å². The third-order valence-electron chi connectivity index (χ3n) is 5.26. The van der Waals surface area contributed by atoms with Crippen LogP contribution in [0.1, 0.15) is 19.3 Å². The average Bonchev–Trinajstić information content (AvgIpc) is 2.78. The summed E-state index contributed by atoms with van der Waals surface area (Å²) in [6.07, 6.45) is 3.49. The summed E-state index contributed by atoms with van der Waals surface area (Å²) in [4.78, 5) is 12.9. The fourth-order valence-corrected chi connectivity index (χ4v) is 6.56. The van der Waals surface area contributed by atoms with Crippen molar-refractivity contribution in [2.24, 2.45) is 0 Å². The van der Waals surface area contributed by atoms with Crippen molar-refractivity contribution in [3.8, 4) is 5.75 Å². The second kappa shape index (κ2) is 10.7. The summed E-state index contributed by atoms with van der Waals surface area (Å²) in [6, 6.07) is 8.38. The maximum atomic E-state index is 13.0. The molecule has 1 saturated heterocycles. The standard InChI is InChI=1S/C21H25Cl2N3O6S2/c1-32-20-9-7-16(34(30,31)25-10-4-3-5-11-25)13-18(20)24-21(27)14-26(33(2,28)29)19-8-6-15(22)12-17(19)23/h6-9,12-13H,3-5,10-11,14H2,1-2H3,(H,24,27). The van der Waals surface area contributed by atoms with Gasteiger partial charge in [-0.2, -0.15) is 4.31 Å². The van der Waals surface area contributed by atoms with Gasteiger partial charge >= 0.3 is 0 Å². The van der Waals surface area contributed by atoms with E-state index in [2.05, 4.69) is 5.32 Å². The summed E-state index contributed by atoms with van der Waals surface area (Å²) in [6.45, 7) is 0.259. The first-order valence-corrected chi connectivity index (χ1v) is 14.4. The zero-order valence-electron chi connectivity index (χ0n) is 18.6. The number of ether oxygens (including phenoxy) is 1. The summed E-state index contributed by atoms with van der Waals surface area (Å²) in [5.41, 5.74) is 0.179. The molecule has 1 amide bonds. The SMILES string of the molecule is COc1ccc(S(=O)(=O)N2CCCCC2)cc1NC(=O)CN(c1ccc(Cl)cc1Cl)S(C)(=O)=O. The summed E-state index contributed by atoms with van der Waals surface area (Å²) in [7, 11) is -6.27. The number of piperidine rings is 1. The first-order chi connectivity index (χ1) is 15.9. The van der Waals surface area contributed by atoms with Crippen molar-refractivity contribution in [1.82, 2.24) is 4.31 Å². The zero-order valence-corrected chi connectivity index (χ0v) is 21.8. The molecule has 9 nitrogen and oxygen atoms in total. The van der Waals surface area contributed by atoms with E-state index < -0.39 is 32.5 Å². The van der Waals surface area contributed by atoms with Gasteiger partial charge in [-0.1, -0.05) is 29.6 Å². The number of sulfonamides is 2. The van der Waals surface area contributed by atoms with Crippen LogP contribution >= 0.6 is 23.2 Å². The number of benzene rings is 2. The van der Waals surface area contributed by atoms with E-state index in [1.807, 2.05) is 0 Å². The zero-order chi connectivity index (χ0) is 25.1. The van der Waals surface area contributed by atoms with E-state index in [-0.39, 0.29) is 27.0 Å². The van der Waals surface area contributed by atoms with Crippen LogP contribution in [0.25, 0.3) is 0 Å². The molecule has 1 N–H and O–H groups in total. The molecule has 0 radical (unpaired) electrons. The van der Waals surface area contributed by atoms with Crippen LogP contribution in [-0.4, -0.2) is 60.0 Å². The smallest absolute Gasteiger partial charge is 0.245 e. The minimum atomic E-state index is -3.89. The van der Waals surface area contributed by atoms with Crippen molar-refractivity contribution in [2.45, 2.75) is 24.2 Å². The van der Waals surface area contributed by atoms with Gasteiger partial charge in [-0.3, -0.25) is 9.10 Å². The summed E-state index contributed by atoms with van der Waals surface area (Å²) in [5, 5.41) is 2.92. The fourth-order valence-electron chi connectivity index (χ4n) is 3.58. The van der Waals surface area contributed by atoms with Gasteiger partial charge in [0.15, 0.2) is 0 Å². The molecule has 1 heterocycles. The van der Waals surface area contributed by atoms with Gasteiger partial charge in [-0.25, -0.2) is 16.8 Å². The lowest BCUT2D eigenvalue weighted by Crippen LogP contribution is -2.37. The van der Waals surface area contributed by atoms with Crippen molar-refractivity contribution in [1.29, 1.82) is 0 Å².